The summed E-state index contributed by atoms with van der Waals surface area (Å²) in [4.78, 5) is 3.99. The summed E-state index contributed by atoms with van der Waals surface area (Å²) < 4.78 is 40.2. The summed E-state index contributed by atoms with van der Waals surface area (Å²) >= 11 is 0. The molecule has 0 saturated heterocycles. The molecule has 0 bridgehead atoms. The summed E-state index contributed by atoms with van der Waals surface area (Å²) in [6.07, 6.45) is 4.08. The van der Waals surface area contributed by atoms with E-state index in [9.17, 15) is 13.2 Å². The Morgan fingerprint density at radius 1 is 1.14 bits per heavy atom. The number of rotatable bonds is 4. The topological polar surface area (TPSA) is 67.6 Å². The first-order valence-corrected chi connectivity index (χ1v) is 9.69. The van der Waals surface area contributed by atoms with E-state index in [0.29, 0.717) is 17.0 Å². The third-order valence-corrected chi connectivity index (χ3v) is 5.67. The lowest BCUT2D eigenvalue weighted by atomic mass is 9.83. The Labute approximate surface area is 161 Å². The van der Waals surface area contributed by atoms with E-state index >= 15 is 0 Å². The molecule has 1 aliphatic rings. The number of aromatic nitrogens is 3. The maximum Gasteiger partial charge on any atom is 0.435 e. The molecule has 1 aliphatic carbocycles. The van der Waals surface area contributed by atoms with E-state index in [1.54, 1.807) is 12.1 Å². The number of nitrogens with zero attached hydrogens (tertiary/aromatic N) is 2. The molecule has 28 heavy (non-hydrogen) atoms. The molecule has 4 rings (SSSR count). The van der Waals surface area contributed by atoms with Gasteiger partial charge in [0.2, 0.25) is 0 Å². The first kappa shape index (κ1) is 18.9. The zero-order chi connectivity index (χ0) is 19.7. The van der Waals surface area contributed by atoms with Gasteiger partial charge in [0.15, 0.2) is 11.3 Å². The van der Waals surface area contributed by atoms with Crippen molar-refractivity contribution < 1.29 is 13.2 Å². The summed E-state index contributed by atoms with van der Waals surface area (Å²) in [6, 6.07) is 8.99. The molecule has 2 heterocycles. The number of alkyl halides is 3. The van der Waals surface area contributed by atoms with Crippen LogP contribution in [0.25, 0.3) is 22.2 Å². The van der Waals surface area contributed by atoms with Crippen molar-refractivity contribution in [2.75, 3.05) is 0 Å². The molecule has 7 heteroatoms. The second kappa shape index (κ2) is 7.54. The van der Waals surface area contributed by atoms with Crippen LogP contribution in [0, 0.1) is 5.92 Å². The summed E-state index contributed by atoms with van der Waals surface area (Å²) in [5.41, 5.74) is 7.73. The van der Waals surface area contributed by atoms with Gasteiger partial charge in [-0.1, -0.05) is 50.3 Å². The standard InChI is InChI=1S/C21H23F3N4/c22-21(23,24)19-18-16(9-10-26-20(18)28-27-19)14-7-4-8-15(12-14)17(25)11-13-5-2-1-3-6-13/h4,7-10,12-13,17H,1-3,5-6,11,25H2,(H,26,27,28). The Morgan fingerprint density at radius 2 is 1.93 bits per heavy atom. The second-order valence-electron chi connectivity index (χ2n) is 7.62. The summed E-state index contributed by atoms with van der Waals surface area (Å²) in [6.45, 7) is 0. The SMILES string of the molecule is NC(CC1CCCCC1)c1cccc(-c2ccnc3[nH]nc(C(F)(F)F)c23)c1. The minimum atomic E-state index is -4.55. The van der Waals surface area contributed by atoms with Crippen LogP contribution in [-0.4, -0.2) is 15.2 Å². The van der Waals surface area contributed by atoms with Gasteiger partial charge in [-0.05, 0) is 41.2 Å². The van der Waals surface area contributed by atoms with Gasteiger partial charge in [-0.25, -0.2) is 4.98 Å². The molecule has 3 N–H and O–H groups in total. The third-order valence-electron chi connectivity index (χ3n) is 5.67. The van der Waals surface area contributed by atoms with E-state index in [0.717, 1.165) is 12.0 Å². The number of aromatic amines is 1. The van der Waals surface area contributed by atoms with Crippen LogP contribution in [0.4, 0.5) is 13.2 Å². The molecule has 1 atom stereocenters. The average Bonchev–Trinajstić information content (AvgIpc) is 3.13. The molecule has 4 nitrogen and oxygen atoms in total. The third kappa shape index (κ3) is 3.76. The van der Waals surface area contributed by atoms with E-state index in [1.165, 1.54) is 38.3 Å². The molecule has 1 aromatic carbocycles. The van der Waals surface area contributed by atoms with Crippen LogP contribution < -0.4 is 5.73 Å². The highest BCUT2D eigenvalue weighted by atomic mass is 19.4. The van der Waals surface area contributed by atoms with E-state index < -0.39 is 11.9 Å². The van der Waals surface area contributed by atoms with Gasteiger partial charge in [0.25, 0.3) is 0 Å². The minimum absolute atomic E-state index is 0.00648. The quantitative estimate of drug-likeness (QED) is 0.610. The van der Waals surface area contributed by atoms with E-state index in [-0.39, 0.29) is 17.1 Å². The van der Waals surface area contributed by atoms with Crippen LogP contribution in [0.3, 0.4) is 0 Å². The first-order chi connectivity index (χ1) is 13.4. The van der Waals surface area contributed by atoms with Gasteiger partial charge in [-0.2, -0.15) is 18.3 Å². The van der Waals surface area contributed by atoms with Crippen LogP contribution in [0.2, 0.25) is 0 Å². The van der Waals surface area contributed by atoms with Crippen molar-refractivity contribution >= 4 is 11.0 Å². The van der Waals surface area contributed by atoms with Crippen molar-refractivity contribution in [2.24, 2.45) is 11.7 Å². The second-order valence-corrected chi connectivity index (χ2v) is 7.62. The predicted octanol–water partition coefficient (Wildman–Crippen LogP) is 5.61. The molecular formula is C21H23F3N4. The van der Waals surface area contributed by atoms with Crippen molar-refractivity contribution in [3.05, 3.63) is 47.8 Å². The lowest BCUT2D eigenvalue weighted by Crippen LogP contribution is -2.17. The molecule has 0 radical (unpaired) electrons. The Hall–Kier alpha value is -2.41. The zero-order valence-electron chi connectivity index (χ0n) is 15.5. The molecule has 1 fully saturated rings. The number of hydrogen-bond donors (Lipinski definition) is 2. The summed E-state index contributed by atoms with van der Waals surface area (Å²) in [5.74, 6) is 0.630. The van der Waals surface area contributed by atoms with Crippen molar-refractivity contribution in [3.63, 3.8) is 0 Å². The zero-order valence-corrected chi connectivity index (χ0v) is 15.5. The van der Waals surface area contributed by atoms with E-state index in [4.69, 9.17) is 5.73 Å². The van der Waals surface area contributed by atoms with Crippen LogP contribution >= 0.6 is 0 Å². The number of fused-ring (bicyclic) bond motifs is 1. The predicted molar refractivity (Wildman–Crippen MR) is 102 cm³/mol. The fraction of sp³-hybridized carbons (Fsp3) is 0.429. The summed E-state index contributed by atoms with van der Waals surface area (Å²) in [7, 11) is 0. The molecule has 148 valence electrons. The minimum Gasteiger partial charge on any atom is -0.324 e. The van der Waals surface area contributed by atoms with E-state index in [1.807, 2.05) is 18.2 Å². The molecule has 3 aromatic rings. The highest BCUT2D eigenvalue weighted by molar-refractivity contribution is 5.94. The maximum atomic E-state index is 13.4. The fourth-order valence-corrected chi connectivity index (χ4v) is 4.25. The Balaban J connectivity index is 1.69. The van der Waals surface area contributed by atoms with Crippen molar-refractivity contribution in [2.45, 2.75) is 50.7 Å². The van der Waals surface area contributed by atoms with Crippen molar-refractivity contribution in [1.29, 1.82) is 0 Å². The van der Waals surface area contributed by atoms with Gasteiger partial charge < -0.3 is 5.73 Å². The number of nitrogens with one attached hydrogen (secondary N) is 1. The Kier molecular flexibility index (Phi) is 5.10. The molecule has 1 saturated carbocycles. The van der Waals surface area contributed by atoms with E-state index in [2.05, 4.69) is 15.2 Å². The van der Waals surface area contributed by atoms with Gasteiger partial charge in [-0.15, -0.1) is 0 Å². The lowest BCUT2D eigenvalue weighted by Gasteiger charge is -2.25. The normalized spacial score (nSPS) is 17.1. The average molecular weight is 388 g/mol. The smallest absolute Gasteiger partial charge is 0.324 e. The molecule has 1 unspecified atom stereocenters. The van der Waals surface area contributed by atoms with Gasteiger partial charge in [0, 0.05) is 12.2 Å². The van der Waals surface area contributed by atoms with Gasteiger partial charge in [0.05, 0.1) is 5.39 Å². The number of pyridine rings is 1. The van der Waals surface area contributed by atoms with Gasteiger partial charge in [-0.3, -0.25) is 5.10 Å². The summed E-state index contributed by atoms with van der Waals surface area (Å²) in [5, 5.41) is 5.83. The fourth-order valence-electron chi connectivity index (χ4n) is 4.25. The molecule has 0 amide bonds. The molecule has 0 aliphatic heterocycles. The number of hydrogen-bond acceptors (Lipinski definition) is 3. The lowest BCUT2D eigenvalue weighted by molar-refractivity contribution is -0.139. The highest BCUT2D eigenvalue weighted by Gasteiger charge is 2.37. The number of halogens is 3. The monoisotopic (exact) mass is 388 g/mol. The van der Waals surface area contributed by atoms with Crippen LogP contribution in [-0.2, 0) is 6.18 Å². The van der Waals surface area contributed by atoms with Crippen LogP contribution in [0.1, 0.15) is 55.8 Å². The van der Waals surface area contributed by atoms with Crippen LogP contribution in [0.15, 0.2) is 36.5 Å². The number of H-pyrrole nitrogens is 1. The highest BCUT2D eigenvalue weighted by Crippen LogP contribution is 2.38. The number of benzene rings is 1. The Bertz CT molecular complexity index is 958. The Morgan fingerprint density at radius 3 is 2.68 bits per heavy atom. The maximum absolute atomic E-state index is 13.4. The first-order valence-electron chi connectivity index (χ1n) is 9.69. The van der Waals surface area contributed by atoms with Crippen molar-refractivity contribution in [1.82, 2.24) is 15.2 Å². The number of nitrogens with two attached hydrogens (primary N) is 1. The molecule has 0 spiro atoms. The largest absolute Gasteiger partial charge is 0.435 e. The molecule has 2 aromatic heterocycles. The van der Waals surface area contributed by atoms with Crippen LogP contribution in [0.5, 0.6) is 0 Å². The van der Waals surface area contributed by atoms with Gasteiger partial charge >= 0.3 is 6.18 Å². The van der Waals surface area contributed by atoms with Gasteiger partial charge in [0.1, 0.15) is 0 Å². The van der Waals surface area contributed by atoms with Crippen molar-refractivity contribution in [3.8, 4) is 11.1 Å². The molecular weight excluding hydrogens is 365 g/mol.